The van der Waals surface area contributed by atoms with Gasteiger partial charge in [0.05, 0.1) is 18.8 Å². The summed E-state index contributed by atoms with van der Waals surface area (Å²) in [4.78, 5) is 13.2. The smallest absolute Gasteiger partial charge is 0.381 e. The summed E-state index contributed by atoms with van der Waals surface area (Å²) in [6.45, 7) is 3.81. The lowest BCUT2D eigenvalue weighted by Gasteiger charge is -2.25. The number of hydrogen-bond donors (Lipinski definition) is 0. The summed E-state index contributed by atoms with van der Waals surface area (Å²) in [5.41, 5.74) is 0.376. The van der Waals surface area contributed by atoms with Crippen molar-refractivity contribution in [3.63, 3.8) is 0 Å². The first-order valence-corrected chi connectivity index (χ1v) is 10.4. The zero-order valence-corrected chi connectivity index (χ0v) is 15.9. The van der Waals surface area contributed by atoms with Crippen LogP contribution in [-0.4, -0.2) is 24.4 Å². The summed E-state index contributed by atoms with van der Waals surface area (Å²) in [6.07, 6.45) is 0. The van der Waals surface area contributed by atoms with E-state index in [9.17, 15) is 9.36 Å². The number of benzene rings is 2. The molecule has 5 nitrogen and oxygen atoms in total. The number of thioether (sulfide) groups is 1. The maximum absolute atomic E-state index is 13.1. The number of rotatable bonds is 9. The lowest BCUT2D eigenvalue weighted by molar-refractivity contribution is 0.0491. The van der Waals surface area contributed by atoms with Crippen LogP contribution >= 0.6 is 19.4 Å². The molecule has 0 radical (unpaired) electrons. The molecule has 1 atom stereocenters. The van der Waals surface area contributed by atoms with Crippen molar-refractivity contribution in [2.45, 2.75) is 23.9 Å². The Labute approximate surface area is 152 Å². The standard InChI is InChI=1S/C18H21O5PS/c1-3-21-24(20,22-4-2)18(25-16-13-9-6-10-14-16)23-17(19)15-11-7-5-8-12-15/h5-14,18H,3-4H2,1-2H3. The fraction of sp³-hybridized carbons (Fsp3) is 0.278. The minimum Gasteiger partial charge on any atom is -0.434 e. The third-order valence-electron chi connectivity index (χ3n) is 3.07. The van der Waals surface area contributed by atoms with Gasteiger partial charge in [-0.15, -0.1) is 0 Å². The fourth-order valence-electron chi connectivity index (χ4n) is 2.02. The van der Waals surface area contributed by atoms with E-state index in [4.69, 9.17) is 13.8 Å². The van der Waals surface area contributed by atoms with Crippen molar-refractivity contribution in [3.05, 3.63) is 66.2 Å². The van der Waals surface area contributed by atoms with E-state index in [0.717, 1.165) is 16.7 Å². The predicted molar refractivity (Wildman–Crippen MR) is 98.8 cm³/mol. The normalized spacial score (nSPS) is 12.6. The first-order valence-electron chi connectivity index (χ1n) is 7.95. The van der Waals surface area contributed by atoms with Gasteiger partial charge in [-0.05, 0) is 38.1 Å². The maximum atomic E-state index is 13.1. The molecule has 2 aromatic carbocycles. The summed E-state index contributed by atoms with van der Waals surface area (Å²) < 4.78 is 29.4. The highest BCUT2D eigenvalue weighted by atomic mass is 32.2. The van der Waals surface area contributed by atoms with Crippen LogP contribution in [0, 0.1) is 0 Å². The molecule has 7 heteroatoms. The van der Waals surface area contributed by atoms with E-state index in [1.165, 1.54) is 0 Å². The second kappa shape index (κ2) is 9.78. The van der Waals surface area contributed by atoms with Crippen molar-refractivity contribution in [2.24, 2.45) is 0 Å². The van der Waals surface area contributed by atoms with Gasteiger partial charge in [0.15, 0.2) is 0 Å². The van der Waals surface area contributed by atoms with Crippen molar-refractivity contribution in [1.29, 1.82) is 0 Å². The summed E-state index contributed by atoms with van der Waals surface area (Å²) in [5.74, 6) is -0.575. The van der Waals surface area contributed by atoms with Gasteiger partial charge in [0.25, 0.3) is 5.18 Å². The van der Waals surface area contributed by atoms with E-state index >= 15 is 0 Å². The molecule has 0 fully saturated rings. The van der Waals surface area contributed by atoms with Gasteiger partial charge in [-0.25, -0.2) is 4.79 Å². The van der Waals surface area contributed by atoms with Crippen LogP contribution in [-0.2, 0) is 18.3 Å². The molecule has 0 aromatic heterocycles. The van der Waals surface area contributed by atoms with E-state index in [2.05, 4.69) is 0 Å². The molecule has 0 heterocycles. The van der Waals surface area contributed by atoms with Gasteiger partial charge in [-0.1, -0.05) is 48.2 Å². The highest BCUT2D eigenvalue weighted by molar-refractivity contribution is 8.05. The summed E-state index contributed by atoms with van der Waals surface area (Å²) in [6, 6.07) is 17.8. The Morgan fingerprint density at radius 3 is 2.00 bits per heavy atom. The van der Waals surface area contributed by atoms with Crippen molar-refractivity contribution in [2.75, 3.05) is 13.2 Å². The van der Waals surface area contributed by atoms with Crippen LogP contribution in [0.25, 0.3) is 0 Å². The Balaban J connectivity index is 2.27. The molecule has 0 N–H and O–H groups in total. The molecular weight excluding hydrogens is 359 g/mol. The van der Waals surface area contributed by atoms with Gasteiger partial charge in [-0.3, -0.25) is 4.57 Å². The average molecular weight is 380 g/mol. The Kier molecular flexibility index (Phi) is 7.72. The SMILES string of the molecule is CCOP(=O)(OCC)C(OC(=O)c1ccccc1)Sc1ccccc1. The molecule has 134 valence electrons. The summed E-state index contributed by atoms with van der Waals surface area (Å²) >= 11 is 1.14. The van der Waals surface area contributed by atoms with E-state index in [1.807, 2.05) is 30.3 Å². The second-order valence-corrected chi connectivity index (χ2v) is 8.43. The van der Waals surface area contributed by atoms with Crippen LogP contribution in [0.3, 0.4) is 0 Å². The zero-order valence-electron chi connectivity index (χ0n) is 14.2. The minimum absolute atomic E-state index is 0.187. The lowest BCUT2D eigenvalue weighted by Crippen LogP contribution is -2.18. The molecule has 0 amide bonds. The lowest BCUT2D eigenvalue weighted by atomic mass is 10.2. The van der Waals surface area contributed by atoms with Crippen LogP contribution in [0.2, 0.25) is 0 Å². The fourth-order valence-corrected chi connectivity index (χ4v) is 5.21. The van der Waals surface area contributed by atoms with Crippen LogP contribution < -0.4 is 0 Å². The highest BCUT2D eigenvalue weighted by Gasteiger charge is 2.40. The monoisotopic (exact) mass is 380 g/mol. The maximum Gasteiger partial charge on any atom is 0.381 e. The van der Waals surface area contributed by atoms with Crippen molar-refractivity contribution in [1.82, 2.24) is 0 Å². The van der Waals surface area contributed by atoms with E-state index in [1.54, 1.807) is 44.2 Å². The molecule has 0 saturated carbocycles. The highest BCUT2D eigenvalue weighted by Crippen LogP contribution is 2.59. The molecule has 0 aliphatic rings. The second-order valence-electron chi connectivity index (χ2n) is 4.88. The van der Waals surface area contributed by atoms with Gasteiger partial charge < -0.3 is 13.8 Å². The predicted octanol–water partition coefficient (Wildman–Crippen LogP) is 5.19. The third kappa shape index (κ3) is 5.72. The molecule has 25 heavy (non-hydrogen) atoms. The molecule has 2 rings (SSSR count). The first kappa shape index (κ1) is 19.7. The quantitative estimate of drug-likeness (QED) is 0.258. The van der Waals surface area contributed by atoms with E-state index in [0.29, 0.717) is 5.56 Å². The molecular formula is C18H21O5PS. The number of carbonyl (C=O) groups excluding carboxylic acids is 1. The minimum atomic E-state index is -3.65. The number of hydrogen-bond acceptors (Lipinski definition) is 6. The Morgan fingerprint density at radius 2 is 1.48 bits per heavy atom. The number of esters is 1. The molecule has 0 bridgehead atoms. The van der Waals surface area contributed by atoms with Crippen LogP contribution in [0.1, 0.15) is 24.2 Å². The zero-order chi connectivity index (χ0) is 18.1. The Hall–Kier alpha value is -1.59. The van der Waals surface area contributed by atoms with Gasteiger partial charge in [-0.2, -0.15) is 0 Å². The van der Waals surface area contributed by atoms with E-state index < -0.39 is 18.7 Å². The van der Waals surface area contributed by atoms with Crippen LogP contribution in [0.4, 0.5) is 0 Å². The first-order chi connectivity index (χ1) is 12.1. The summed E-state index contributed by atoms with van der Waals surface area (Å²) in [5, 5.41) is -1.09. The van der Waals surface area contributed by atoms with Crippen molar-refractivity contribution < 1.29 is 23.1 Å². The van der Waals surface area contributed by atoms with Gasteiger partial charge in [0, 0.05) is 4.90 Å². The molecule has 1 unspecified atom stereocenters. The number of ether oxygens (including phenoxy) is 1. The molecule has 0 spiro atoms. The van der Waals surface area contributed by atoms with Crippen LogP contribution in [0.15, 0.2) is 65.6 Å². The molecule has 0 saturated heterocycles. The van der Waals surface area contributed by atoms with Crippen molar-refractivity contribution in [3.8, 4) is 0 Å². The van der Waals surface area contributed by atoms with E-state index in [-0.39, 0.29) is 13.2 Å². The van der Waals surface area contributed by atoms with Gasteiger partial charge in [0.2, 0.25) is 0 Å². The molecule has 0 aliphatic carbocycles. The third-order valence-corrected chi connectivity index (χ3v) is 6.86. The van der Waals surface area contributed by atoms with Gasteiger partial charge >= 0.3 is 13.6 Å². The Morgan fingerprint density at radius 1 is 0.960 bits per heavy atom. The topological polar surface area (TPSA) is 61.8 Å². The average Bonchev–Trinajstić information content (AvgIpc) is 2.63. The largest absolute Gasteiger partial charge is 0.434 e. The molecule has 2 aromatic rings. The Bertz CT molecular complexity index is 698. The summed E-state index contributed by atoms with van der Waals surface area (Å²) in [7, 11) is -3.65. The van der Waals surface area contributed by atoms with Crippen molar-refractivity contribution >= 4 is 25.3 Å². The van der Waals surface area contributed by atoms with Crippen LogP contribution in [0.5, 0.6) is 0 Å². The van der Waals surface area contributed by atoms with Gasteiger partial charge in [0.1, 0.15) is 0 Å². The number of carbonyl (C=O) groups is 1. The molecule has 0 aliphatic heterocycles.